The first kappa shape index (κ1) is 41.8. The van der Waals surface area contributed by atoms with Crippen molar-refractivity contribution < 1.29 is 43.7 Å². The Kier molecular flexibility index (Phi) is 16.9. The van der Waals surface area contributed by atoms with Gasteiger partial charge in [0, 0.05) is 39.9 Å². The molecule has 1 fully saturated rings. The van der Waals surface area contributed by atoms with E-state index in [0.29, 0.717) is 18.8 Å². The number of likely N-dealkylation sites (N-methyl/N-ethyl adjacent to an activating group) is 2. The maximum atomic E-state index is 14.1. The molecule has 4 amide bonds. The summed E-state index contributed by atoms with van der Waals surface area (Å²) in [7, 11) is 2.95. The maximum absolute atomic E-state index is 14.1. The fourth-order valence-electron chi connectivity index (χ4n) is 6.44. The normalized spacial score (nSPS) is 20.2. The van der Waals surface area contributed by atoms with Gasteiger partial charge in [0.15, 0.2) is 0 Å². The number of amides is 4. The van der Waals surface area contributed by atoms with Gasteiger partial charge in [0.05, 0.1) is 6.10 Å². The Hall–Kier alpha value is -3.22. The van der Waals surface area contributed by atoms with Crippen molar-refractivity contribution in [2.45, 2.75) is 137 Å². The molecule has 0 radical (unpaired) electrons. The van der Waals surface area contributed by atoms with Crippen LogP contribution in [-0.2, 0) is 33.5 Å². The fourth-order valence-corrected chi connectivity index (χ4v) is 6.44. The van der Waals surface area contributed by atoms with Crippen LogP contribution >= 0.6 is 0 Å². The van der Waals surface area contributed by atoms with E-state index in [1.54, 1.807) is 20.9 Å². The summed E-state index contributed by atoms with van der Waals surface area (Å²) in [5.41, 5.74) is 0. The summed E-state index contributed by atoms with van der Waals surface area (Å²) in [6, 6.07) is -4.75. The number of hydrogen-bond acceptors (Lipinski definition) is 8. The average molecular weight is 669 g/mol. The van der Waals surface area contributed by atoms with Gasteiger partial charge in [-0.15, -0.1) is 0 Å². The van der Waals surface area contributed by atoms with Gasteiger partial charge < -0.3 is 35.0 Å². The molecule has 0 aliphatic carbocycles. The molecule has 3 N–H and O–H groups in total. The Morgan fingerprint density at radius 1 is 0.936 bits per heavy atom. The number of nitrogens with zero attached hydrogens (tertiary/aromatic N) is 3. The number of aliphatic carboxylic acids is 1. The number of esters is 1. The number of aliphatic hydroxyl groups is 1. The van der Waals surface area contributed by atoms with E-state index in [1.807, 2.05) is 20.8 Å². The van der Waals surface area contributed by atoms with Gasteiger partial charge >= 0.3 is 11.9 Å². The number of carboxylic acids is 1. The second-order valence-electron chi connectivity index (χ2n) is 14.2. The molecule has 47 heavy (non-hydrogen) atoms. The van der Waals surface area contributed by atoms with E-state index in [2.05, 4.69) is 19.2 Å². The number of β-amino-alcohol motifs (C(OH)–C–C–N with tert-alkyl or cyclic N) is 1. The van der Waals surface area contributed by atoms with Crippen LogP contribution < -0.4 is 5.32 Å². The molecule has 1 aliphatic rings. The number of likely N-dealkylation sites (tertiary alicyclic amines) is 1. The van der Waals surface area contributed by atoms with Gasteiger partial charge in [0.25, 0.3) is 0 Å². The van der Waals surface area contributed by atoms with Crippen molar-refractivity contribution in [1.29, 1.82) is 0 Å². The van der Waals surface area contributed by atoms with E-state index in [9.17, 15) is 39.0 Å². The SMILES string of the molecule is CCCC[C@@H](C)C[C@@H](C)C(=O)N(C)[C@@H](CC(C)C)C(=O)N[C@H](C(=O)N(C)[C@H](C(=O)N1C[C@@H](O)C[C@H]1C(=O)O)C(C)C)[C@@H](C)OC(C)=O. The summed E-state index contributed by atoms with van der Waals surface area (Å²) in [6.07, 6.45) is 1.84. The Morgan fingerprint density at radius 2 is 1.53 bits per heavy atom. The number of carbonyl (C=O) groups excluding carboxylic acids is 5. The van der Waals surface area contributed by atoms with Crippen LogP contribution in [0.5, 0.6) is 0 Å². The van der Waals surface area contributed by atoms with Gasteiger partial charge in [0.2, 0.25) is 23.6 Å². The quantitative estimate of drug-likeness (QED) is 0.186. The lowest BCUT2D eigenvalue weighted by molar-refractivity contribution is -0.157. The van der Waals surface area contributed by atoms with E-state index in [-0.39, 0.29) is 30.7 Å². The summed E-state index contributed by atoms with van der Waals surface area (Å²) in [4.78, 5) is 82.8. The molecule has 13 nitrogen and oxygen atoms in total. The molecule has 1 aliphatic heterocycles. The summed E-state index contributed by atoms with van der Waals surface area (Å²) in [5, 5.41) is 22.5. The van der Waals surface area contributed by atoms with Crippen molar-refractivity contribution in [2.24, 2.45) is 23.7 Å². The van der Waals surface area contributed by atoms with Crippen molar-refractivity contribution >= 4 is 35.6 Å². The third-order valence-corrected chi connectivity index (χ3v) is 8.92. The second kappa shape index (κ2) is 18.9. The Bertz CT molecular complexity index is 1100. The highest BCUT2D eigenvalue weighted by Gasteiger charge is 2.45. The summed E-state index contributed by atoms with van der Waals surface area (Å²) < 4.78 is 5.34. The van der Waals surface area contributed by atoms with Crippen molar-refractivity contribution in [2.75, 3.05) is 20.6 Å². The summed E-state index contributed by atoms with van der Waals surface area (Å²) in [5.74, 6) is -4.58. The molecule has 0 bridgehead atoms. The minimum Gasteiger partial charge on any atom is -0.480 e. The third-order valence-electron chi connectivity index (χ3n) is 8.92. The molecule has 0 aromatic heterocycles. The second-order valence-corrected chi connectivity index (χ2v) is 14.2. The van der Waals surface area contributed by atoms with Crippen molar-refractivity contribution in [3.63, 3.8) is 0 Å². The van der Waals surface area contributed by atoms with E-state index < -0.39 is 72.0 Å². The number of nitrogens with one attached hydrogen (secondary N) is 1. The zero-order valence-electron chi connectivity index (χ0n) is 30.3. The van der Waals surface area contributed by atoms with Crippen LogP contribution in [0.3, 0.4) is 0 Å². The van der Waals surface area contributed by atoms with E-state index >= 15 is 0 Å². The van der Waals surface area contributed by atoms with Gasteiger partial charge in [-0.2, -0.15) is 0 Å². The minimum absolute atomic E-state index is 0.0171. The average Bonchev–Trinajstić information content (AvgIpc) is 3.37. The summed E-state index contributed by atoms with van der Waals surface area (Å²) in [6.45, 7) is 15.8. The van der Waals surface area contributed by atoms with Gasteiger partial charge in [0.1, 0.15) is 30.3 Å². The highest BCUT2D eigenvalue weighted by molar-refractivity contribution is 5.95. The summed E-state index contributed by atoms with van der Waals surface area (Å²) >= 11 is 0. The van der Waals surface area contributed by atoms with Crippen molar-refractivity contribution in [3.05, 3.63) is 0 Å². The monoisotopic (exact) mass is 668 g/mol. The van der Waals surface area contributed by atoms with Crippen LogP contribution in [0.15, 0.2) is 0 Å². The van der Waals surface area contributed by atoms with Crippen LogP contribution in [-0.4, -0.2) is 117 Å². The lowest BCUT2D eigenvalue weighted by atomic mass is 9.91. The Balaban J connectivity index is 3.39. The van der Waals surface area contributed by atoms with Gasteiger partial charge in [-0.1, -0.05) is 67.7 Å². The van der Waals surface area contributed by atoms with Crippen LogP contribution in [0, 0.1) is 23.7 Å². The topological polar surface area (TPSA) is 174 Å². The molecule has 0 spiro atoms. The molecule has 0 aromatic carbocycles. The number of unbranched alkanes of at least 4 members (excludes halogenated alkanes) is 1. The van der Waals surface area contributed by atoms with Crippen LogP contribution in [0.1, 0.15) is 101 Å². The van der Waals surface area contributed by atoms with Gasteiger partial charge in [-0.25, -0.2) is 4.79 Å². The first-order valence-corrected chi connectivity index (χ1v) is 17.0. The zero-order valence-corrected chi connectivity index (χ0v) is 30.3. The maximum Gasteiger partial charge on any atom is 0.326 e. The lowest BCUT2D eigenvalue weighted by Gasteiger charge is -2.38. The number of ether oxygens (including phenoxy) is 1. The molecule has 13 heteroatoms. The minimum atomic E-state index is -1.42. The van der Waals surface area contributed by atoms with Crippen LogP contribution in [0.2, 0.25) is 0 Å². The number of rotatable bonds is 18. The Morgan fingerprint density at radius 3 is 2.02 bits per heavy atom. The third kappa shape index (κ3) is 12.1. The molecular formula is C34H60N4O9. The molecule has 0 saturated carbocycles. The number of carboxylic acid groups (broad SMARTS) is 1. The first-order chi connectivity index (χ1) is 21.7. The van der Waals surface area contributed by atoms with E-state index in [1.165, 1.54) is 25.8 Å². The highest BCUT2D eigenvalue weighted by Crippen LogP contribution is 2.25. The molecular weight excluding hydrogens is 608 g/mol. The Labute approximate surface area is 280 Å². The van der Waals surface area contributed by atoms with E-state index in [0.717, 1.165) is 29.1 Å². The number of carbonyl (C=O) groups is 6. The van der Waals surface area contributed by atoms with Crippen LogP contribution in [0.25, 0.3) is 0 Å². The predicted octanol–water partition coefficient (Wildman–Crippen LogP) is 2.68. The number of hydrogen-bond donors (Lipinski definition) is 3. The molecule has 1 rings (SSSR count). The fraction of sp³-hybridized carbons (Fsp3) is 0.824. The van der Waals surface area contributed by atoms with Gasteiger partial charge in [-0.05, 0) is 37.5 Å². The van der Waals surface area contributed by atoms with Crippen molar-refractivity contribution in [1.82, 2.24) is 20.0 Å². The molecule has 270 valence electrons. The predicted molar refractivity (Wildman–Crippen MR) is 177 cm³/mol. The lowest BCUT2D eigenvalue weighted by Crippen LogP contribution is -2.62. The highest BCUT2D eigenvalue weighted by atomic mass is 16.5. The molecule has 1 heterocycles. The van der Waals surface area contributed by atoms with Gasteiger partial charge in [-0.3, -0.25) is 24.0 Å². The number of aliphatic hydroxyl groups excluding tert-OH is 1. The molecule has 1 saturated heterocycles. The van der Waals surface area contributed by atoms with E-state index in [4.69, 9.17) is 4.74 Å². The standard InChI is InChI=1S/C34H60N4O9/c1-12-13-14-21(6)16-22(7)31(42)36(10)26(15-19(2)3)30(41)35-28(23(8)47-24(9)39)32(43)37(11)29(20(4)5)33(44)38-18-25(40)17-27(38)34(45)46/h19-23,25-29,40H,12-18H2,1-11H3,(H,35,41)(H,45,46)/t21-,22-,23-,25+,26+,27+,28+,29+/m1/s1. The largest absolute Gasteiger partial charge is 0.480 e. The van der Waals surface area contributed by atoms with Crippen molar-refractivity contribution in [3.8, 4) is 0 Å². The van der Waals surface area contributed by atoms with Crippen LogP contribution in [0.4, 0.5) is 0 Å². The zero-order chi connectivity index (χ0) is 36.3. The first-order valence-electron chi connectivity index (χ1n) is 17.0. The smallest absolute Gasteiger partial charge is 0.326 e. The molecule has 0 aromatic rings. The molecule has 8 atom stereocenters. The molecule has 0 unspecified atom stereocenters.